The third-order valence-corrected chi connectivity index (χ3v) is 3.92. The van der Waals surface area contributed by atoms with Crippen LogP contribution >= 0.6 is 23.4 Å². The van der Waals surface area contributed by atoms with Crippen LogP contribution < -0.4 is 5.43 Å². The molecule has 0 saturated heterocycles. The van der Waals surface area contributed by atoms with Gasteiger partial charge in [0.05, 0.1) is 5.70 Å². The first-order chi connectivity index (χ1) is 10.7. The van der Waals surface area contributed by atoms with Crippen molar-refractivity contribution in [1.29, 1.82) is 0 Å². The number of benzene rings is 2. The van der Waals surface area contributed by atoms with E-state index in [1.807, 2.05) is 29.7 Å². The summed E-state index contributed by atoms with van der Waals surface area (Å²) in [4.78, 5) is 4.26. The lowest BCUT2D eigenvalue weighted by molar-refractivity contribution is 0.628. The Kier molecular flexibility index (Phi) is 4.56. The Morgan fingerprint density at radius 3 is 2.45 bits per heavy atom. The molecule has 0 unspecified atom stereocenters. The Hall–Kier alpha value is -2.11. The molecule has 0 bridgehead atoms. The highest BCUT2D eigenvalue weighted by molar-refractivity contribution is 8.16. The Labute approximate surface area is 136 Å². The van der Waals surface area contributed by atoms with E-state index in [2.05, 4.69) is 15.5 Å². The molecule has 1 aliphatic heterocycles. The Bertz CT molecular complexity index is 752. The van der Waals surface area contributed by atoms with E-state index in [0.717, 1.165) is 16.8 Å². The van der Waals surface area contributed by atoms with Gasteiger partial charge < -0.3 is 0 Å². The number of nitrogens with one attached hydrogen (secondary N) is 1. The van der Waals surface area contributed by atoms with Crippen molar-refractivity contribution in [1.82, 2.24) is 5.43 Å². The molecule has 0 aliphatic carbocycles. The van der Waals surface area contributed by atoms with E-state index in [0.29, 0.717) is 10.2 Å². The zero-order valence-electron chi connectivity index (χ0n) is 11.3. The fraction of sp³-hybridized carbons (Fsp3) is 0. The molecule has 1 heterocycles. The quantitative estimate of drug-likeness (QED) is 0.822. The molecule has 0 fully saturated rings. The van der Waals surface area contributed by atoms with Gasteiger partial charge in [0.25, 0.3) is 0 Å². The lowest BCUT2D eigenvalue weighted by Crippen LogP contribution is -2.10. The Morgan fingerprint density at radius 1 is 1.09 bits per heavy atom. The molecule has 0 amide bonds. The number of nitrogens with zero attached hydrogens (tertiary/aromatic N) is 2. The summed E-state index contributed by atoms with van der Waals surface area (Å²) in [5.41, 5.74) is 5.67. The van der Waals surface area contributed by atoms with E-state index in [-0.39, 0.29) is 5.82 Å². The highest BCUT2D eigenvalue weighted by Crippen LogP contribution is 2.23. The van der Waals surface area contributed by atoms with Crippen molar-refractivity contribution in [3.8, 4) is 0 Å². The molecule has 1 aliphatic rings. The lowest BCUT2D eigenvalue weighted by Gasteiger charge is -2.12. The van der Waals surface area contributed by atoms with E-state index in [1.54, 1.807) is 18.3 Å². The average molecular weight is 332 g/mol. The van der Waals surface area contributed by atoms with Gasteiger partial charge in [-0.1, -0.05) is 47.6 Å². The second kappa shape index (κ2) is 6.77. The summed E-state index contributed by atoms with van der Waals surface area (Å²) in [5, 5.41) is 7.42. The van der Waals surface area contributed by atoms with E-state index < -0.39 is 0 Å². The predicted octanol–water partition coefficient (Wildman–Crippen LogP) is 4.50. The standard InChI is InChI=1S/C16H11ClFN3S/c17-13-5-3-12(4-6-13)15-10-22-16(21-20-15)19-9-11-1-7-14(18)8-2-11/h1-10,20H. The average Bonchev–Trinajstić information content (AvgIpc) is 2.56. The van der Waals surface area contributed by atoms with Crippen LogP contribution in [-0.4, -0.2) is 11.4 Å². The van der Waals surface area contributed by atoms with Crippen LogP contribution in [-0.2, 0) is 0 Å². The molecule has 2 aromatic carbocycles. The zero-order chi connectivity index (χ0) is 15.4. The van der Waals surface area contributed by atoms with Crippen molar-refractivity contribution in [2.24, 2.45) is 10.1 Å². The number of hydrogen-bond donors (Lipinski definition) is 1. The summed E-state index contributed by atoms with van der Waals surface area (Å²) in [5.74, 6) is -0.265. The van der Waals surface area contributed by atoms with E-state index >= 15 is 0 Å². The molecule has 3 rings (SSSR count). The molecular weight excluding hydrogens is 321 g/mol. The fourth-order valence-corrected chi connectivity index (χ4v) is 2.52. The highest BCUT2D eigenvalue weighted by atomic mass is 35.5. The third kappa shape index (κ3) is 3.75. The summed E-state index contributed by atoms with van der Waals surface area (Å²) < 4.78 is 12.8. The fourth-order valence-electron chi connectivity index (χ4n) is 1.77. The van der Waals surface area contributed by atoms with Crippen LogP contribution in [0.2, 0.25) is 5.02 Å². The maximum absolute atomic E-state index is 12.8. The Morgan fingerprint density at radius 2 is 1.82 bits per heavy atom. The first kappa shape index (κ1) is 14.8. The van der Waals surface area contributed by atoms with Gasteiger partial charge in [0.2, 0.25) is 5.17 Å². The zero-order valence-corrected chi connectivity index (χ0v) is 12.9. The smallest absolute Gasteiger partial charge is 0.210 e. The maximum atomic E-state index is 12.8. The SMILES string of the molecule is Fc1ccc(C=NC2=NNC(c3ccc(Cl)cc3)=CS2)cc1. The van der Waals surface area contributed by atoms with Crippen LogP contribution in [0.25, 0.3) is 5.70 Å². The molecule has 3 nitrogen and oxygen atoms in total. The van der Waals surface area contributed by atoms with Crippen LogP contribution in [0.15, 0.2) is 64.0 Å². The van der Waals surface area contributed by atoms with Crippen LogP contribution in [0.3, 0.4) is 0 Å². The maximum Gasteiger partial charge on any atom is 0.210 e. The lowest BCUT2D eigenvalue weighted by atomic mass is 10.2. The number of rotatable bonds is 2. The first-order valence-electron chi connectivity index (χ1n) is 6.47. The number of hydrogen-bond acceptors (Lipinski definition) is 4. The van der Waals surface area contributed by atoms with Gasteiger partial charge in [-0.15, -0.1) is 5.10 Å². The normalized spacial score (nSPS) is 14.5. The van der Waals surface area contributed by atoms with Crippen molar-refractivity contribution in [2.45, 2.75) is 0 Å². The predicted molar refractivity (Wildman–Crippen MR) is 91.6 cm³/mol. The van der Waals surface area contributed by atoms with Crippen LogP contribution in [0.4, 0.5) is 4.39 Å². The van der Waals surface area contributed by atoms with Gasteiger partial charge in [0, 0.05) is 22.2 Å². The number of hydrazone groups is 1. The van der Waals surface area contributed by atoms with Gasteiger partial charge in [-0.3, -0.25) is 5.43 Å². The first-order valence-corrected chi connectivity index (χ1v) is 7.72. The highest BCUT2D eigenvalue weighted by Gasteiger charge is 2.08. The van der Waals surface area contributed by atoms with Crippen molar-refractivity contribution in [3.63, 3.8) is 0 Å². The van der Waals surface area contributed by atoms with Gasteiger partial charge >= 0.3 is 0 Å². The van der Waals surface area contributed by atoms with E-state index in [1.165, 1.54) is 23.9 Å². The number of amidine groups is 1. The summed E-state index contributed by atoms with van der Waals surface area (Å²) >= 11 is 7.28. The topological polar surface area (TPSA) is 36.8 Å². The molecule has 6 heteroatoms. The molecule has 0 aromatic heterocycles. The van der Waals surface area contributed by atoms with E-state index in [4.69, 9.17) is 11.6 Å². The molecule has 0 radical (unpaired) electrons. The molecule has 0 atom stereocenters. The molecule has 1 N–H and O–H groups in total. The minimum absolute atomic E-state index is 0.265. The Balaban J connectivity index is 1.65. The van der Waals surface area contributed by atoms with Gasteiger partial charge in [-0.05, 0) is 29.8 Å². The minimum Gasteiger partial charge on any atom is -0.275 e. The second-order valence-electron chi connectivity index (χ2n) is 4.47. The van der Waals surface area contributed by atoms with Gasteiger partial charge in [0.15, 0.2) is 0 Å². The molecule has 2 aromatic rings. The van der Waals surface area contributed by atoms with Gasteiger partial charge in [0.1, 0.15) is 5.82 Å². The van der Waals surface area contributed by atoms with Crippen molar-refractivity contribution >= 4 is 40.4 Å². The summed E-state index contributed by atoms with van der Waals surface area (Å²) in [7, 11) is 0. The summed E-state index contributed by atoms with van der Waals surface area (Å²) in [6, 6.07) is 13.6. The van der Waals surface area contributed by atoms with Crippen LogP contribution in [0.5, 0.6) is 0 Å². The van der Waals surface area contributed by atoms with Crippen LogP contribution in [0, 0.1) is 5.82 Å². The van der Waals surface area contributed by atoms with Crippen molar-refractivity contribution in [3.05, 3.63) is 75.9 Å². The third-order valence-electron chi connectivity index (χ3n) is 2.90. The number of aliphatic imine (C=N–C) groups is 1. The number of halogens is 2. The molecule has 110 valence electrons. The number of thioether (sulfide) groups is 1. The largest absolute Gasteiger partial charge is 0.275 e. The van der Waals surface area contributed by atoms with E-state index in [9.17, 15) is 4.39 Å². The molecule has 0 spiro atoms. The van der Waals surface area contributed by atoms with Crippen molar-refractivity contribution < 1.29 is 4.39 Å². The molecule has 0 saturated carbocycles. The van der Waals surface area contributed by atoms with Gasteiger partial charge in [-0.25, -0.2) is 9.38 Å². The monoisotopic (exact) mass is 331 g/mol. The molecule has 22 heavy (non-hydrogen) atoms. The second-order valence-corrected chi connectivity index (χ2v) is 5.75. The summed E-state index contributed by atoms with van der Waals surface area (Å²) in [6.07, 6.45) is 1.65. The summed E-state index contributed by atoms with van der Waals surface area (Å²) in [6.45, 7) is 0. The molecular formula is C16H11ClFN3S. The van der Waals surface area contributed by atoms with Crippen LogP contribution in [0.1, 0.15) is 11.1 Å². The van der Waals surface area contributed by atoms with Gasteiger partial charge in [-0.2, -0.15) is 0 Å². The minimum atomic E-state index is -0.265. The van der Waals surface area contributed by atoms with Crippen molar-refractivity contribution in [2.75, 3.05) is 0 Å².